The van der Waals surface area contributed by atoms with Gasteiger partial charge in [-0.25, -0.2) is 9.97 Å². The fourth-order valence-electron chi connectivity index (χ4n) is 1.41. The summed E-state index contributed by atoms with van der Waals surface area (Å²) in [6.07, 6.45) is 2.36. The summed E-state index contributed by atoms with van der Waals surface area (Å²) in [7, 11) is 0. The van der Waals surface area contributed by atoms with Crippen molar-refractivity contribution in [3.63, 3.8) is 0 Å². The van der Waals surface area contributed by atoms with Gasteiger partial charge in [0.15, 0.2) is 5.69 Å². The Hall–Kier alpha value is -1.69. The molecular weight excluding hydrogens is 242 g/mol. The van der Waals surface area contributed by atoms with Crippen LogP contribution in [0.4, 0.5) is 5.69 Å². The van der Waals surface area contributed by atoms with Gasteiger partial charge >= 0.3 is 0 Å². The third-order valence-electron chi connectivity index (χ3n) is 3.03. The maximum atomic E-state index is 12.3. The van der Waals surface area contributed by atoms with E-state index in [9.17, 15) is 4.79 Å². The molecule has 6 heteroatoms. The molecule has 0 fully saturated rings. The number of hydrogen-bond donors (Lipinski definition) is 3. The lowest BCUT2D eigenvalue weighted by molar-refractivity contribution is 0.0906. The van der Waals surface area contributed by atoms with Crippen molar-refractivity contribution in [2.75, 3.05) is 5.43 Å². The van der Waals surface area contributed by atoms with Crippen LogP contribution in [0.15, 0.2) is 6.20 Å². The molecule has 0 aromatic carbocycles. The lowest BCUT2D eigenvalue weighted by atomic mass is 10.0. The topological polar surface area (TPSA) is 92.9 Å². The van der Waals surface area contributed by atoms with E-state index in [2.05, 4.69) is 20.7 Å². The second kappa shape index (κ2) is 5.97. The van der Waals surface area contributed by atoms with Crippen LogP contribution < -0.4 is 16.6 Å². The fourth-order valence-corrected chi connectivity index (χ4v) is 1.41. The molecule has 0 saturated carbocycles. The molecule has 0 unspecified atom stereocenters. The van der Waals surface area contributed by atoms with Crippen molar-refractivity contribution < 1.29 is 4.79 Å². The average molecular weight is 265 g/mol. The van der Waals surface area contributed by atoms with Crippen LogP contribution in [-0.4, -0.2) is 21.4 Å². The minimum atomic E-state index is -0.286. The Bertz CT molecular complexity index is 456. The summed E-state index contributed by atoms with van der Waals surface area (Å²) >= 11 is 0. The molecule has 1 heterocycles. The molecule has 1 aromatic rings. The number of carbonyl (C=O) groups is 1. The van der Waals surface area contributed by atoms with Crippen molar-refractivity contribution in [1.82, 2.24) is 15.3 Å². The van der Waals surface area contributed by atoms with Crippen molar-refractivity contribution in [2.24, 2.45) is 5.84 Å². The molecule has 106 valence electrons. The standard InChI is InChI=1S/C13H23N5O/c1-6-13(4,5)17-12(19)10-9(18-14)7-15-11(16-10)8(2)3/h7-8,18H,6,14H2,1-5H3,(H,17,19). The van der Waals surface area contributed by atoms with E-state index in [4.69, 9.17) is 5.84 Å². The number of nitrogens with two attached hydrogens (primary N) is 1. The van der Waals surface area contributed by atoms with Gasteiger partial charge in [0.1, 0.15) is 5.82 Å². The molecular formula is C13H23N5O. The summed E-state index contributed by atoms with van der Waals surface area (Å²) in [5.41, 5.74) is 2.88. The van der Waals surface area contributed by atoms with Gasteiger partial charge in [-0.2, -0.15) is 0 Å². The Morgan fingerprint density at radius 3 is 2.58 bits per heavy atom. The van der Waals surface area contributed by atoms with Crippen LogP contribution in [0, 0.1) is 0 Å². The molecule has 0 saturated heterocycles. The average Bonchev–Trinajstić information content (AvgIpc) is 2.37. The highest BCUT2D eigenvalue weighted by atomic mass is 16.2. The molecule has 0 atom stereocenters. The van der Waals surface area contributed by atoms with Gasteiger partial charge in [-0.05, 0) is 20.3 Å². The quantitative estimate of drug-likeness (QED) is 0.557. The molecule has 0 spiro atoms. The molecule has 1 rings (SSSR count). The zero-order valence-corrected chi connectivity index (χ0v) is 12.2. The number of nitrogens with zero attached hydrogens (tertiary/aromatic N) is 2. The number of rotatable bonds is 5. The molecule has 4 N–H and O–H groups in total. The number of aromatic nitrogens is 2. The highest BCUT2D eigenvalue weighted by molar-refractivity contribution is 5.97. The van der Waals surface area contributed by atoms with Gasteiger partial charge in [0.05, 0.1) is 11.9 Å². The van der Waals surface area contributed by atoms with E-state index < -0.39 is 0 Å². The van der Waals surface area contributed by atoms with E-state index in [1.165, 1.54) is 6.20 Å². The molecule has 0 aliphatic carbocycles. The molecule has 6 nitrogen and oxygen atoms in total. The van der Waals surface area contributed by atoms with Crippen LogP contribution in [0.5, 0.6) is 0 Å². The van der Waals surface area contributed by atoms with E-state index in [1.54, 1.807) is 0 Å². The Labute approximate surface area is 114 Å². The van der Waals surface area contributed by atoms with Gasteiger partial charge in [0, 0.05) is 11.5 Å². The van der Waals surface area contributed by atoms with Gasteiger partial charge in [0.2, 0.25) is 0 Å². The maximum absolute atomic E-state index is 12.3. The summed E-state index contributed by atoms with van der Waals surface area (Å²) in [6, 6.07) is 0. The van der Waals surface area contributed by atoms with Gasteiger partial charge in [0.25, 0.3) is 5.91 Å². The Morgan fingerprint density at radius 1 is 1.47 bits per heavy atom. The second-order valence-electron chi connectivity index (χ2n) is 5.48. The second-order valence-corrected chi connectivity index (χ2v) is 5.48. The molecule has 0 bridgehead atoms. The summed E-state index contributed by atoms with van der Waals surface area (Å²) in [5, 5.41) is 2.94. The van der Waals surface area contributed by atoms with Crippen LogP contribution in [-0.2, 0) is 0 Å². The Balaban J connectivity index is 3.09. The van der Waals surface area contributed by atoms with Crippen LogP contribution in [0.3, 0.4) is 0 Å². The third kappa shape index (κ3) is 3.89. The van der Waals surface area contributed by atoms with Crippen molar-refractivity contribution in [3.05, 3.63) is 17.7 Å². The normalized spacial score (nSPS) is 11.5. The molecule has 0 aliphatic heterocycles. The third-order valence-corrected chi connectivity index (χ3v) is 3.03. The fraction of sp³-hybridized carbons (Fsp3) is 0.615. The predicted molar refractivity (Wildman–Crippen MR) is 75.8 cm³/mol. The summed E-state index contributed by atoms with van der Waals surface area (Å²) in [4.78, 5) is 20.7. The van der Waals surface area contributed by atoms with Gasteiger partial charge in [-0.15, -0.1) is 0 Å². The molecule has 0 radical (unpaired) electrons. The first kappa shape index (κ1) is 15.4. The summed E-state index contributed by atoms with van der Waals surface area (Å²) in [5.74, 6) is 5.93. The predicted octanol–water partition coefficient (Wildman–Crippen LogP) is 1.80. The number of carbonyl (C=O) groups excluding carboxylic acids is 1. The van der Waals surface area contributed by atoms with Crippen molar-refractivity contribution >= 4 is 11.6 Å². The molecule has 1 aromatic heterocycles. The lowest BCUT2D eigenvalue weighted by Crippen LogP contribution is -2.43. The van der Waals surface area contributed by atoms with Crippen LogP contribution in [0.2, 0.25) is 0 Å². The van der Waals surface area contributed by atoms with Crippen molar-refractivity contribution in [1.29, 1.82) is 0 Å². The largest absolute Gasteiger partial charge is 0.346 e. The lowest BCUT2D eigenvalue weighted by Gasteiger charge is -2.24. The van der Waals surface area contributed by atoms with Gasteiger partial charge in [-0.3, -0.25) is 10.6 Å². The number of nitrogen functional groups attached to an aromatic ring is 1. The SMILES string of the molecule is CCC(C)(C)NC(=O)c1nc(C(C)C)ncc1NN. The van der Waals surface area contributed by atoms with Crippen molar-refractivity contribution in [3.8, 4) is 0 Å². The van der Waals surface area contributed by atoms with Gasteiger partial charge < -0.3 is 10.7 Å². The van der Waals surface area contributed by atoms with Crippen LogP contribution in [0.1, 0.15) is 63.3 Å². The Kier molecular flexibility index (Phi) is 4.83. The number of nitrogens with one attached hydrogen (secondary N) is 2. The van der Waals surface area contributed by atoms with E-state index in [0.717, 1.165) is 6.42 Å². The first-order valence-corrected chi connectivity index (χ1v) is 6.46. The zero-order valence-electron chi connectivity index (χ0n) is 12.2. The number of hydrazine groups is 1. The van der Waals surface area contributed by atoms with Gasteiger partial charge in [-0.1, -0.05) is 20.8 Å². The monoisotopic (exact) mass is 265 g/mol. The highest BCUT2D eigenvalue weighted by Crippen LogP contribution is 2.17. The minimum absolute atomic E-state index is 0.151. The van der Waals surface area contributed by atoms with E-state index >= 15 is 0 Å². The molecule has 1 amide bonds. The summed E-state index contributed by atoms with van der Waals surface area (Å²) < 4.78 is 0. The first-order valence-electron chi connectivity index (χ1n) is 6.46. The number of anilines is 1. The first-order chi connectivity index (χ1) is 8.80. The van der Waals surface area contributed by atoms with Crippen molar-refractivity contribution in [2.45, 2.75) is 52.5 Å². The Morgan fingerprint density at radius 2 is 2.11 bits per heavy atom. The number of hydrogen-bond acceptors (Lipinski definition) is 5. The van der Waals surface area contributed by atoms with E-state index in [-0.39, 0.29) is 23.1 Å². The highest BCUT2D eigenvalue weighted by Gasteiger charge is 2.22. The molecule has 19 heavy (non-hydrogen) atoms. The maximum Gasteiger partial charge on any atom is 0.272 e. The van der Waals surface area contributed by atoms with E-state index in [0.29, 0.717) is 11.5 Å². The van der Waals surface area contributed by atoms with Crippen LogP contribution in [0.25, 0.3) is 0 Å². The summed E-state index contributed by atoms with van der Waals surface area (Å²) in [6.45, 7) is 9.89. The smallest absolute Gasteiger partial charge is 0.272 e. The van der Waals surface area contributed by atoms with Crippen LogP contribution >= 0.6 is 0 Å². The molecule has 0 aliphatic rings. The minimum Gasteiger partial charge on any atom is -0.346 e. The van der Waals surface area contributed by atoms with E-state index in [1.807, 2.05) is 34.6 Å². The zero-order chi connectivity index (χ0) is 14.6. The number of amides is 1.